The highest BCUT2D eigenvalue weighted by Crippen LogP contribution is 2.24. The van der Waals surface area contributed by atoms with E-state index in [-0.39, 0.29) is 17.5 Å². The molecule has 0 radical (unpaired) electrons. The molecule has 0 aliphatic rings. The van der Waals surface area contributed by atoms with Crippen LogP contribution in [0.25, 0.3) is 0 Å². The van der Waals surface area contributed by atoms with Crippen LogP contribution in [0.4, 0.5) is 10.9 Å². The molecule has 1 aromatic heterocycles. The molecule has 0 aromatic carbocycles. The fourth-order valence-electron chi connectivity index (χ4n) is 1.42. The van der Waals surface area contributed by atoms with Crippen molar-refractivity contribution in [1.82, 2.24) is 10.3 Å². The average molecular weight is 320 g/mol. The van der Waals surface area contributed by atoms with E-state index in [1.807, 2.05) is 6.92 Å². The van der Waals surface area contributed by atoms with E-state index in [4.69, 9.17) is 5.73 Å². The van der Waals surface area contributed by atoms with Gasteiger partial charge in [-0.25, -0.2) is 13.4 Å². The van der Waals surface area contributed by atoms with Crippen molar-refractivity contribution < 1.29 is 13.2 Å². The van der Waals surface area contributed by atoms with Gasteiger partial charge in [0, 0.05) is 19.3 Å². The molecule has 1 amide bonds. The van der Waals surface area contributed by atoms with Crippen LogP contribution in [-0.2, 0) is 9.84 Å². The Morgan fingerprint density at radius 3 is 2.70 bits per heavy atom. The Kier molecular flexibility index (Phi) is 6.21. The number of hydrogen-bond acceptors (Lipinski definition) is 7. The number of nitrogen functional groups attached to an aromatic ring is 1. The van der Waals surface area contributed by atoms with Gasteiger partial charge in [-0.05, 0) is 12.8 Å². The third-order valence-corrected chi connectivity index (χ3v) is 4.42. The van der Waals surface area contributed by atoms with Crippen molar-refractivity contribution in [3.63, 3.8) is 0 Å². The van der Waals surface area contributed by atoms with E-state index < -0.39 is 9.84 Å². The maximum absolute atomic E-state index is 11.9. The van der Waals surface area contributed by atoms with E-state index in [2.05, 4.69) is 15.6 Å². The number of anilines is 2. The molecule has 0 saturated carbocycles. The summed E-state index contributed by atoms with van der Waals surface area (Å²) in [5, 5.41) is 6.32. The summed E-state index contributed by atoms with van der Waals surface area (Å²) in [5.74, 6) is -0.0818. The average Bonchev–Trinajstić information content (AvgIpc) is 2.72. The standard InChI is InChI=1S/C11H20N4O3S2/c1-3-5-14-11-15-9(12)8(19-11)10(16)13-6-4-7-20(2,17)18/h3-7,12H2,1-2H3,(H,13,16)(H,14,15). The zero-order chi connectivity index (χ0) is 15.2. The van der Waals surface area contributed by atoms with Crippen molar-refractivity contribution in [2.45, 2.75) is 19.8 Å². The monoisotopic (exact) mass is 320 g/mol. The van der Waals surface area contributed by atoms with Gasteiger partial charge in [-0.1, -0.05) is 18.3 Å². The lowest BCUT2D eigenvalue weighted by atomic mass is 10.4. The fraction of sp³-hybridized carbons (Fsp3) is 0.636. The summed E-state index contributed by atoms with van der Waals surface area (Å²) >= 11 is 1.19. The molecule has 0 unspecified atom stereocenters. The molecule has 20 heavy (non-hydrogen) atoms. The number of carbonyl (C=O) groups is 1. The summed E-state index contributed by atoms with van der Waals surface area (Å²) in [5.41, 5.74) is 5.69. The van der Waals surface area contributed by atoms with Crippen LogP contribution in [0.5, 0.6) is 0 Å². The van der Waals surface area contributed by atoms with Crippen molar-refractivity contribution in [2.24, 2.45) is 0 Å². The van der Waals surface area contributed by atoms with Crippen LogP contribution in [-0.4, -0.2) is 44.4 Å². The molecule has 4 N–H and O–H groups in total. The maximum atomic E-state index is 11.9. The third kappa shape index (κ3) is 5.74. The first-order valence-corrected chi connectivity index (χ1v) is 9.17. The number of amides is 1. The lowest BCUT2D eigenvalue weighted by molar-refractivity contribution is 0.0958. The van der Waals surface area contributed by atoms with Crippen LogP contribution in [0.15, 0.2) is 0 Å². The van der Waals surface area contributed by atoms with E-state index in [0.29, 0.717) is 23.0 Å². The van der Waals surface area contributed by atoms with Gasteiger partial charge in [0.1, 0.15) is 20.5 Å². The highest BCUT2D eigenvalue weighted by atomic mass is 32.2. The van der Waals surface area contributed by atoms with E-state index in [0.717, 1.165) is 13.0 Å². The zero-order valence-corrected chi connectivity index (χ0v) is 13.2. The number of nitrogens with zero attached hydrogens (tertiary/aromatic N) is 1. The van der Waals surface area contributed by atoms with Gasteiger partial charge in [-0.15, -0.1) is 0 Å². The zero-order valence-electron chi connectivity index (χ0n) is 11.6. The second-order valence-corrected chi connectivity index (χ2v) is 7.66. The third-order valence-electron chi connectivity index (χ3n) is 2.36. The SMILES string of the molecule is CCCNc1nc(N)c(C(=O)NCCCS(C)(=O)=O)s1. The summed E-state index contributed by atoms with van der Waals surface area (Å²) in [6.07, 6.45) is 2.50. The highest BCUT2D eigenvalue weighted by Gasteiger charge is 2.15. The predicted octanol–water partition coefficient (Wildman–Crippen LogP) is 0.712. The van der Waals surface area contributed by atoms with Gasteiger partial charge in [-0.3, -0.25) is 4.79 Å². The second-order valence-electron chi connectivity index (χ2n) is 4.40. The largest absolute Gasteiger partial charge is 0.382 e. The van der Waals surface area contributed by atoms with Gasteiger partial charge >= 0.3 is 0 Å². The van der Waals surface area contributed by atoms with Gasteiger partial charge in [0.2, 0.25) is 0 Å². The van der Waals surface area contributed by atoms with Gasteiger partial charge in [0.05, 0.1) is 5.75 Å². The van der Waals surface area contributed by atoms with Gasteiger partial charge in [-0.2, -0.15) is 0 Å². The summed E-state index contributed by atoms with van der Waals surface area (Å²) in [6.45, 7) is 3.09. The Balaban J connectivity index is 2.49. The molecule has 1 heterocycles. The van der Waals surface area contributed by atoms with Crippen LogP contribution in [0.1, 0.15) is 29.4 Å². The highest BCUT2D eigenvalue weighted by molar-refractivity contribution is 7.90. The van der Waals surface area contributed by atoms with Crippen LogP contribution >= 0.6 is 11.3 Å². The second kappa shape index (κ2) is 7.44. The van der Waals surface area contributed by atoms with Crippen molar-refractivity contribution in [1.29, 1.82) is 0 Å². The van der Waals surface area contributed by atoms with Gasteiger partial charge in [0.25, 0.3) is 5.91 Å². The number of carbonyl (C=O) groups excluding carboxylic acids is 1. The number of thiazole rings is 1. The Bertz CT molecular complexity index is 554. The molecule has 0 bridgehead atoms. The molecular weight excluding hydrogens is 300 g/mol. The Morgan fingerprint density at radius 1 is 1.40 bits per heavy atom. The van der Waals surface area contributed by atoms with Crippen molar-refractivity contribution >= 4 is 38.0 Å². The molecule has 1 aromatic rings. The predicted molar refractivity (Wildman–Crippen MR) is 82.0 cm³/mol. The summed E-state index contributed by atoms with van der Waals surface area (Å²) in [4.78, 5) is 16.3. The molecular formula is C11H20N4O3S2. The number of nitrogens with one attached hydrogen (secondary N) is 2. The number of sulfone groups is 1. The molecule has 0 fully saturated rings. The first-order valence-electron chi connectivity index (χ1n) is 6.29. The van der Waals surface area contributed by atoms with Crippen LogP contribution < -0.4 is 16.4 Å². The molecule has 114 valence electrons. The van der Waals surface area contributed by atoms with Gasteiger partial charge in [0.15, 0.2) is 5.13 Å². The molecule has 1 rings (SSSR count). The minimum Gasteiger partial charge on any atom is -0.382 e. The Labute approximate surface area is 122 Å². The Morgan fingerprint density at radius 2 is 2.10 bits per heavy atom. The number of hydrogen-bond donors (Lipinski definition) is 3. The molecule has 0 spiro atoms. The summed E-state index contributed by atoms with van der Waals surface area (Å²) in [6, 6.07) is 0. The molecule has 9 heteroatoms. The summed E-state index contributed by atoms with van der Waals surface area (Å²) in [7, 11) is -3.00. The number of nitrogens with two attached hydrogens (primary N) is 1. The van der Waals surface area contributed by atoms with Gasteiger partial charge < -0.3 is 16.4 Å². The van der Waals surface area contributed by atoms with Crippen molar-refractivity contribution in [3.8, 4) is 0 Å². The van der Waals surface area contributed by atoms with Crippen LogP contribution in [0, 0.1) is 0 Å². The molecule has 7 nitrogen and oxygen atoms in total. The molecule has 0 saturated heterocycles. The normalized spacial score (nSPS) is 11.3. The number of aromatic nitrogens is 1. The molecule has 0 atom stereocenters. The molecule has 0 aliphatic carbocycles. The van der Waals surface area contributed by atoms with E-state index in [1.165, 1.54) is 17.6 Å². The fourth-order valence-corrected chi connectivity index (χ4v) is 2.91. The van der Waals surface area contributed by atoms with E-state index in [9.17, 15) is 13.2 Å². The molecule has 0 aliphatic heterocycles. The lowest BCUT2D eigenvalue weighted by Crippen LogP contribution is -2.25. The van der Waals surface area contributed by atoms with Crippen LogP contribution in [0.2, 0.25) is 0 Å². The van der Waals surface area contributed by atoms with Crippen molar-refractivity contribution in [2.75, 3.05) is 36.1 Å². The van der Waals surface area contributed by atoms with Crippen molar-refractivity contribution in [3.05, 3.63) is 4.88 Å². The topological polar surface area (TPSA) is 114 Å². The minimum atomic E-state index is -3.00. The smallest absolute Gasteiger partial charge is 0.265 e. The maximum Gasteiger partial charge on any atom is 0.265 e. The first-order chi connectivity index (χ1) is 9.33. The van der Waals surface area contributed by atoms with E-state index in [1.54, 1.807) is 0 Å². The minimum absolute atomic E-state index is 0.0504. The Hall–Kier alpha value is -1.35. The number of rotatable bonds is 8. The van der Waals surface area contributed by atoms with Crippen LogP contribution in [0.3, 0.4) is 0 Å². The summed E-state index contributed by atoms with van der Waals surface area (Å²) < 4.78 is 21.9. The van der Waals surface area contributed by atoms with E-state index >= 15 is 0 Å². The quantitative estimate of drug-likeness (QED) is 0.608. The first kappa shape index (κ1) is 16.7. The lowest BCUT2D eigenvalue weighted by Gasteiger charge is -2.03.